The van der Waals surface area contributed by atoms with Crippen molar-refractivity contribution in [1.82, 2.24) is 0 Å². The minimum Gasteiger partial charge on any atom is -0.382 e. The van der Waals surface area contributed by atoms with Crippen LogP contribution in [0, 0.1) is 0 Å². The Morgan fingerprint density at radius 3 is 2.25 bits per heavy atom. The molecule has 74 valence electrons. The van der Waals surface area contributed by atoms with Gasteiger partial charge >= 0.3 is 0 Å². The van der Waals surface area contributed by atoms with E-state index in [0.29, 0.717) is 13.2 Å². The summed E-state index contributed by atoms with van der Waals surface area (Å²) < 4.78 is 15.6. The Bertz CT molecular complexity index is 95.8. The van der Waals surface area contributed by atoms with Crippen LogP contribution in [-0.2, 0) is 14.2 Å². The maximum atomic E-state index is 5.53. The highest BCUT2D eigenvalue weighted by molar-refractivity contribution is 4.63. The zero-order valence-electron chi connectivity index (χ0n) is 8.50. The van der Waals surface area contributed by atoms with Gasteiger partial charge in [-0.1, -0.05) is 6.92 Å². The molecule has 0 amide bonds. The average molecular weight is 176 g/mol. The van der Waals surface area contributed by atoms with Gasteiger partial charge in [-0.25, -0.2) is 0 Å². The largest absolute Gasteiger partial charge is 0.382 e. The predicted molar refractivity (Wildman–Crippen MR) is 48.4 cm³/mol. The second kappa shape index (κ2) is 7.53. The second-order valence-corrected chi connectivity index (χ2v) is 2.75. The van der Waals surface area contributed by atoms with Crippen LogP contribution in [-0.4, -0.2) is 39.6 Å². The standard InChI is InChI=1S/C9H20O3/c1-5-9(8(2)11-4)12-7-6-10-3/h8-9H,5-7H2,1-4H3. The molecular weight excluding hydrogens is 156 g/mol. The quantitative estimate of drug-likeness (QED) is 0.550. The summed E-state index contributed by atoms with van der Waals surface area (Å²) in [5.74, 6) is 0. The van der Waals surface area contributed by atoms with Gasteiger partial charge in [-0.15, -0.1) is 0 Å². The molecule has 0 saturated carbocycles. The van der Waals surface area contributed by atoms with Crippen molar-refractivity contribution in [2.45, 2.75) is 32.5 Å². The van der Waals surface area contributed by atoms with Crippen LogP contribution in [0.25, 0.3) is 0 Å². The van der Waals surface area contributed by atoms with Crippen LogP contribution in [0.5, 0.6) is 0 Å². The van der Waals surface area contributed by atoms with E-state index in [1.807, 2.05) is 6.92 Å². The Balaban J connectivity index is 3.52. The highest BCUT2D eigenvalue weighted by Gasteiger charge is 2.14. The number of methoxy groups -OCH3 is 2. The van der Waals surface area contributed by atoms with Gasteiger partial charge in [0.05, 0.1) is 25.4 Å². The first-order chi connectivity index (χ1) is 5.76. The van der Waals surface area contributed by atoms with Crippen molar-refractivity contribution in [2.75, 3.05) is 27.4 Å². The molecule has 0 spiro atoms. The summed E-state index contributed by atoms with van der Waals surface area (Å²) in [5.41, 5.74) is 0. The van der Waals surface area contributed by atoms with Crippen LogP contribution in [0.1, 0.15) is 20.3 Å². The molecule has 0 aromatic heterocycles. The van der Waals surface area contributed by atoms with Gasteiger partial charge in [-0.2, -0.15) is 0 Å². The molecule has 0 heterocycles. The lowest BCUT2D eigenvalue weighted by Crippen LogP contribution is -2.28. The Labute approximate surface area is 75.0 Å². The molecule has 2 unspecified atom stereocenters. The van der Waals surface area contributed by atoms with Crippen molar-refractivity contribution >= 4 is 0 Å². The molecule has 0 radical (unpaired) electrons. The lowest BCUT2D eigenvalue weighted by atomic mass is 10.2. The monoisotopic (exact) mass is 176 g/mol. The van der Waals surface area contributed by atoms with Crippen LogP contribution in [0.2, 0.25) is 0 Å². The first-order valence-corrected chi connectivity index (χ1v) is 4.39. The van der Waals surface area contributed by atoms with Crippen molar-refractivity contribution < 1.29 is 14.2 Å². The number of ether oxygens (including phenoxy) is 3. The molecule has 0 aromatic rings. The number of rotatable bonds is 7. The highest BCUT2D eigenvalue weighted by Crippen LogP contribution is 2.06. The van der Waals surface area contributed by atoms with Gasteiger partial charge in [0.1, 0.15) is 0 Å². The molecule has 3 heteroatoms. The summed E-state index contributed by atoms with van der Waals surface area (Å²) in [5, 5.41) is 0. The third-order valence-corrected chi connectivity index (χ3v) is 1.92. The highest BCUT2D eigenvalue weighted by atomic mass is 16.5. The van der Waals surface area contributed by atoms with Crippen molar-refractivity contribution in [1.29, 1.82) is 0 Å². The molecule has 2 atom stereocenters. The summed E-state index contributed by atoms with van der Waals surface area (Å²) in [6.45, 7) is 5.39. The summed E-state index contributed by atoms with van der Waals surface area (Å²) in [4.78, 5) is 0. The van der Waals surface area contributed by atoms with Crippen molar-refractivity contribution in [3.63, 3.8) is 0 Å². The first-order valence-electron chi connectivity index (χ1n) is 4.39. The summed E-state index contributed by atoms with van der Waals surface area (Å²) in [6, 6.07) is 0. The van der Waals surface area contributed by atoms with Gasteiger partial charge in [0.25, 0.3) is 0 Å². The smallest absolute Gasteiger partial charge is 0.0832 e. The zero-order valence-corrected chi connectivity index (χ0v) is 8.50. The molecule has 0 aliphatic rings. The molecule has 0 N–H and O–H groups in total. The first kappa shape index (κ1) is 11.9. The fraction of sp³-hybridized carbons (Fsp3) is 1.00. The van der Waals surface area contributed by atoms with Gasteiger partial charge in [-0.05, 0) is 13.3 Å². The molecule has 0 rings (SSSR count). The van der Waals surface area contributed by atoms with Crippen LogP contribution in [0.4, 0.5) is 0 Å². The maximum absolute atomic E-state index is 5.53. The molecule has 0 fully saturated rings. The molecule has 0 saturated heterocycles. The summed E-state index contributed by atoms with van der Waals surface area (Å²) >= 11 is 0. The second-order valence-electron chi connectivity index (χ2n) is 2.75. The van der Waals surface area contributed by atoms with E-state index in [1.165, 1.54) is 0 Å². The third kappa shape index (κ3) is 4.70. The van der Waals surface area contributed by atoms with Crippen LogP contribution in [0.3, 0.4) is 0 Å². The van der Waals surface area contributed by atoms with E-state index in [4.69, 9.17) is 14.2 Å². The molecule has 0 aliphatic heterocycles. The minimum absolute atomic E-state index is 0.159. The summed E-state index contributed by atoms with van der Waals surface area (Å²) in [6.07, 6.45) is 1.32. The van der Waals surface area contributed by atoms with E-state index in [0.717, 1.165) is 6.42 Å². The Hall–Kier alpha value is -0.120. The molecule has 0 aliphatic carbocycles. The molecule has 3 nitrogen and oxygen atoms in total. The molecular formula is C9H20O3. The van der Waals surface area contributed by atoms with Crippen molar-refractivity contribution in [2.24, 2.45) is 0 Å². The SMILES string of the molecule is CCC(OCCOC)C(C)OC. The summed E-state index contributed by atoms with van der Waals surface area (Å²) in [7, 11) is 3.37. The molecule has 12 heavy (non-hydrogen) atoms. The third-order valence-electron chi connectivity index (χ3n) is 1.92. The van der Waals surface area contributed by atoms with Gasteiger partial charge in [0.2, 0.25) is 0 Å². The van der Waals surface area contributed by atoms with E-state index in [9.17, 15) is 0 Å². The van der Waals surface area contributed by atoms with E-state index < -0.39 is 0 Å². The van der Waals surface area contributed by atoms with Gasteiger partial charge in [0.15, 0.2) is 0 Å². The molecule has 0 bridgehead atoms. The van der Waals surface area contributed by atoms with Crippen molar-refractivity contribution in [3.05, 3.63) is 0 Å². The average Bonchev–Trinajstić information content (AvgIpc) is 2.11. The predicted octanol–water partition coefficient (Wildman–Crippen LogP) is 1.46. The van der Waals surface area contributed by atoms with Crippen molar-refractivity contribution in [3.8, 4) is 0 Å². The topological polar surface area (TPSA) is 27.7 Å². The number of hydrogen-bond donors (Lipinski definition) is 0. The lowest BCUT2D eigenvalue weighted by molar-refractivity contribution is -0.0613. The van der Waals surface area contributed by atoms with Crippen LogP contribution < -0.4 is 0 Å². The minimum atomic E-state index is 0.159. The van der Waals surface area contributed by atoms with Gasteiger partial charge in [0, 0.05) is 14.2 Å². The Morgan fingerprint density at radius 2 is 1.83 bits per heavy atom. The zero-order chi connectivity index (χ0) is 9.40. The lowest BCUT2D eigenvalue weighted by Gasteiger charge is -2.21. The van der Waals surface area contributed by atoms with Crippen LogP contribution >= 0.6 is 0 Å². The van der Waals surface area contributed by atoms with E-state index in [-0.39, 0.29) is 12.2 Å². The Kier molecular flexibility index (Phi) is 7.45. The number of hydrogen-bond acceptors (Lipinski definition) is 3. The maximum Gasteiger partial charge on any atom is 0.0832 e. The fourth-order valence-electron chi connectivity index (χ4n) is 1.02. The van der Waals surface area contributed by atoms with E-state index >= 15 is 0 Å². The van der Waals surface area contributed by atoms with Gasteiger partial charge in [-0.3, -0.25) is 0 Å². The molecule has 0 aromatic carbocycles. The van der Waals surface area contributed by atoms with Crippen LogP contribution in [0.15, 0.2) is 0 Å². The normalized spacial score (nSPS) is 16.0. The van der Waals surface area contributed by atoms with Gasteiger partial charge < -0.3 is 14.2 Å². The Morgan fingerprint density at radius 1 is 1.17 bits per heavy atom. The van der Waals surface area contributed by atoms with E-state index in [1.54, 1.807) is 14.2 Å². The fourth-order valence-corrected chi connectivity index (χ4v) is 1.02. The van der Waals surface area contributed by atoms with E-state index in [2.05, 4.69) is 6.92 Å².